The van der Waals surface area contributed by atoms with Gasteiger partial charge in [-0.2, -0.15) is 5.10 Å². The van der Waals surface area contributed by atoms with E-state index in [1.165, 1.54) is 13.3 Å². The molecule has 1 atom stereocenters. The lowest BCUT2D eigenvalue weighted by atomic mass is 10.00. The Morgan fingerprint density at radius 3 is 2.64 bits per heavy atom. The Kier molecular flexibility index (Phi) is 1.89. The summed E-state index contributed by atoms with van der Waals surface area (Å²) in [4.78, 5) is 10.4. The molecule has 11 heavy (non-hydrogen) atoms. The van der Waals surface area contributed by atoms with E-state index in [4.69, 9.17) is 0 Å². The van der Waals surface area contributed by atoms with E-state index in [9.17, 15) is 13.6 Å². The Bertz CT molecular complexity index is 195. The minimum atomic E-state index is -2.69. The van der Waals surface area contributed by atoms with Crippen LogP contribution in [0.5, 0.6) is 0 Å². The lowest BCUT2D eigenvalue weighted by Crippen LogP contribution is -2.48. The van der Waals surface area contributed by atoms with E-state index in [1.807, 2.05) is 0 Å². The number of hydrogen-bond donors (Lipinski definition) is 0. The van der Waals surface area contributed by atoms with E-state index in [0.717, 1.165) is 5.01 Å². The van der Waals surface area contributed by atoms with Crippen LogP contribution in [0.25, 0.3) is 0 Å². The predicted molar refractivity (Wildman–Crippen MR) is 35.7 cm³/mol. The number of likely N-dealkylation sites (N-methyl/N-ethyl adjacent to an activating group) is 1. The van der Waals surface area contributed by atoms with Crippen LogP contribution in [0.15, 0.2) is 5.10 Å². The summed E-state index contributed by atoms with van der Waals surface area (Å²) in [5, 5.41) is 4.58. The maximum Gasteiger partial charge on any atom is 0.270 e. The number of halogens is 2. The van der Waals surface area contributed by atoms with Gasteiger partial charge in [-0.1, -0.05) is 0 Å². The van der Waals surface area contributed by atoms with Gasteiger partial charge in [0.15, 0.2) is 11.8 Å². The van der Waals surface area contributed by atoms with Crippen LogP contribution >= 0.6 is 0 Å². The Balaban J connectivity index is 2.85. The summed E-state index contributed by atoms with van der Waals surface area (Å²) in [6, 6.07) is 0. The van der Waals surface area contributed by atoms with Gasteiger partial charge in [0.05, 0.1) is 0 Å². The van der Waals surface area contributed by atoms with Gasteiger partial charge in [0.1, 0.15) is 0 Å². The highest BCUT2D eigenvalue weighted by molar-refractivity contribution is 5.76. The van der Waals surface area contributed by atoms with Gasteiger partial charge in [-0.05, 0) is 0 Å². The van der Waals surface area contributed by atoms with Crippen molar-refractivity contribution in [3.8, 4) is 0 Å². The number of aldehydes is 1. The van der Waals surface area contributed by atoms with E-state index in [-0.39, 0.29) is 12.7 Å². The second-order valence-electron chi connectivity index (χ2n) is 2.44. The second kappa shape index (κ2) is 2.56. The first-order chi connectivity index (χ1) is 5.13. The number of carbonyl (C=O) groups excluding carboxylic acids is 1. The number of nitrogens with zero attached hydrogens (tertiary/aromatic N) is 2. The lowest BCUT2D eigenvalue weighted by Gasteiger charge is -2.28. The highest BCUT2D eigenvalue weighted by Gasteiger charge is 2.45. The molecule has 0 spiro atoms. The summed E-state index contributed by atoms with van der Waals surface area (Å²) in [7, 11) is 1.37. The molecule has 0 bridgehead atoms. The van der Waals surface area contributed by atoms with Crippen molar-refractivity contribution in [2.24, 2.45) is 5.10 Å². The second-order valence-corrected chi connectivity index (χ2v) is 2.44. The molecule has 0 aliphatic carbocycles. The minimum Gasteiger partial charge on any atom is -0.300 e. The monoisotopic (exact) mass is 162 g/mol. The molecule has 0 amide bonds. The van der Waals surface area contributed by atoms with Gasteiger partial charge in [0.25, 0.3) is 6.43 Å². The van der Waals surface area contributed by atoms with Gasteiger partial charge in [-0.25, -0.2) is 8.78 Å². The molecule has 0 saturated heterocycles. The summed E-state index contributed by atoms with van der Waals surface area (Å²) >= 11 is 0. The van der Waals surface area contributed by atoms with E-state index in [1.54, 1.807) is 0 Å². The zero-order valence-corrected chi connectivity index (χ0v) is 6.00. The largest absolute Gasteiger partial charge is 0.300 e. The van der Waals surface area contributed by atoms with E-state index >= 15 is 0 Å². The van der Waals surface area contributed by atoms with Crippen LogP contribution in [0.4, 0.5) is 8.78 Å². The van der Waals surface area contributed by atoms with Gasteiger partial charge in [0.2, 0.25) is 0 Å². The molecule has 0 aromatic carbocycles. The molecule has 1 rings (SSSR count). The molecule has 0 N–H and O–H groups in total. The third-order valence-electron chi connectivity index (χ3n) is 1.86. The standard InChI is InChI=1S/C6H8F2N2O/c1-10-6(4-11,5(7)8)2-3-9-10/h3-5H,2H2,1H3. The first-order valence-electron chi connectivity index (χ1n) is 3.14. The fourth-order valence-corrected chi connectivity index (χ4v) is 0.955. The van der Waals surface area contributed by atoms with Gasteiger partial charge in [-0.15, -0.1) is 0 Å². The third-order valence-corrected chi connectivity index (χ3v) is 1.86. The van der Waals surface area contributed by atoms with Crippen molar-refractivity contribution in [1.29, 1.82) is 0 Å². The molecule has 1 heterocycles. The number of carbonyl (C=O) groups is 1. The topological polar surface area (TPSA) is 32.7 Å². The molecule has 3 nitrogen and oxygen atoms in total. The highest BCUT2D eigenvalue weighted by Crippen LogP contribution is 2.27. The molecule has 62 valence electrons. The minimum absolute atomic E-state index is 0.00926. The smallest absolute Gasteiger partial charge is 0.270 e. The van der Waals surface area contributed by atoms with Crippen molar-refractivity contribution in [1.82, 2.24) is 5.01 Å². The molecule has 1 aliphatic heterocycles. The summed E-state index contributed by atoms with van der Waals surface area (Å²) < 4.78 is 24.6. The van der Waals surface area contributed by atoms with Crippen LogP contribution in [0.3, 0.4) is 0 Å². The number of alkyl halides is 2. The van der Waals surface area contributed by atoms with Gasteiger partial charge >= 0.3 is 0 Å². The Morgan fingerprint density at radius 1 is 1.82 bits per heavy atom. The summed E-state index contributed by atoms with van der Waals surface area (Å²) in [6.45, 7) is 0. The van der Waals surface area contributed by atoms with E-state index in [2.05, 4.69) is 5.10 Å². The predicted octanol–water partition coefficient (Wildman–Crippen LogP) is 0.510. The first-order valence-corrected chi connectivity index (χ1v) is 3.14. The molecule has 0 radical (unpaired) electrons. The fraction of sp³-hybridized carbons (Fsp3) is 0.667. The van der Waals surface area contributed by atoms with Crippen molar-refractivity contribution in [3.05, 3.63) is 0 Å². The van der Waals surface area contributed by atoms with E-state index in [0.29, 0.717) is 0 Å². The maximum absolute atomic E-state index is 12.3. The molecule has 5 heteroatoms. The highest BCUT2D eigenvalue weighted by atomic mass is 19.3. The summed E-state index contributed by atoms with van der Waals surface area (Å²) in [6.07, 6.45) is -1.12. The third kappa shape index (κ3) is 1.00. The number of rotatable bonds is 2. The quantitative estimate of drug-likeness (QED) is 0.554. The summed E-state index contributed by atoms with van der Waals surface area (Å²) in [5.41, 5.74) is -1.71. The van der Waals surface area contributed by atoms with Crippen LogP contribution < -0.4 is 0 Å². The van der Waals surface area contributed by atoms with Gasteiger partial charge in [-0.3, -0.25) is 5.01 Å². The van der Waals surface area contributed by atoms with Crippen molar-refractivity contribution in [3.63, 3.8) is 0 Å². The van der Waals surface area contributed by atoms with Crippen molar-refractivity contribution in [2.75, 3.05) is 7.05 Å². The zero-order chi connectivity index (χ0) is 8.48. The van der Waals surface area contributed by atoms with Crippen LogP contribution in [0, 0.1) is 0 Å². The summed E-state index contributed by atoms with van der Waals surface area (Å²) in [5.74, 6) is 0. The van der Waals surface area contributed by atoms with Crippen LogP contribution in [-0.2, 0) is 4.79 Å². The van der Waals surface area contributed by atoms with Crippen LogP contribution in [0.2, 0.25) is 0 Å². The van der Waals surface area contributed by atoms with Gasteiger partial charge < -0.3 is 4.79 Å². The lowest BCUT2D eigenvalue weighted by molar-refractivity contribution is -0.126. The van der Waals surface area contributed by atoms with Crippen LogP contribution in [0.1, 0.15) is 6.42 Å². The average molecular weight is 162 g/mol. The van der Waals surface area contributed by atoms with Gasteiger partial charge in [0, 0.05) is 19.7 Å². The fourth-order valence-electron chi connectivity index (χ4n) is 0.955. The SMILES string of the molecule is CN1N=CCC1(C=O)C(F)F. The van der Waals surface area contributed by atoms with Crippen molar-refractivity contribution < 1.29 is 13.6 Å². The van der Waals surface area contributed by atoms with E-state index < -0.39 is 12.0 Å². The normalized spacial score (nSPS) is 30.0. The Morgan fingerprint density at radius 2 is 2.45 bits per heavy atom. The maximum atomic E-state index is 12.3. The average Bonchev–Trinajstić information content (AvgIpc) is 2.32. The molecule has 1 aliphatic rings. The number of hydrazone groups is 1. The van der Waals surface area contributed by atoms with Crippen LogP contribution in [-0.4, -0.2) is 36.5 Å². The Labute approximate surface area is 62.7 Å². The Hall–Kier alpha value is -1.00. The van der Waals surface area contributed by atoms with Crippen molar-refractivity contribution >= 4 is 12.5 Å². The van der Waals surface area contributed by atoms with Crippen molar-refractivity contribution in [2.45, 2.75) is 18.4 Å². The molecule has 0 aromatic rings. The molecule has 1 unspecified atom stereocenters. The molecule has 0 saturated carbocycles. The molecule has 0 fully saturated rings. The zero-order valence-electron chi connectivity index (χ0n) is 6.00. The molecular weight excluding hydrogens is 154 g/mol. The molecule has 0 aromatic heterocycles. The first kappa shape index (κ1) is 8.10. The molecular formula is C6H8F2N2O. The number of hydrogen-bond acceptors (Lipinski definition) is 3.